The van der Waals surface area contributed by atoms with Crippen LogP contribution in [0.5, 0.6) is 5.75 Å². The fourth-order valence-corrected chi connectivity index (χ4v) is 2.89. The molecule has 1 fully saturated rings. The summed E-state index contributed by atoms with van der Waals surface area (Å²) in [5.74, 6) is 0.860. The molecule has 0 aromatic heterocycles. The van der Waals surface area contributed by atoms with Crippen LogP contribution in [-0.4, -0.2) is 27.0 Å². The van der Waals surface area contributed by atoms with E-state index in [-0.39, 0.29) is 5.41 Å². The summed E-state index contributed by atoms with van der Waals surface area (Å²) in [7, 11) is 3.71. The molecule has 1 saturated carbocycles. The number of methoxy groups -OCH3 is 1. The third kappa shape index (κ3) is 2.50. The van der Waals surface area contributed by atoms with Crippen molar-refractivity contribution in [1.29, 1.82) is 0 Å². The first kappa shape index (κ1) is 12.9. The van der Waals surface area contributed by atoms with Crippen LogP contribution in [0.4, 0.5) is 5.69 Å². The Morgan fingerprint density at radius 2 is 2.00 bits per heavy atom. The van der Waals surface area contributed by atoms with Crippen molar-refractivity contribution >= 4 is 12.0 Å². The molecule has 0 N–H and O–H groups in total. The topological polar surface area (TPSA) is 29.5 Å². The van der Waals surface area contributed by atoms with Crippen LogP contribution in [0.15, 0.2) is 24.3 Å². The number of ether oxygens (including phenoxy) is 1. The van der Waals surface area contributed by atoms with Crippen LogP contribution in [0, 0.1) is 5.41 Å². The van der Waals surface area contributed by atoms with E-state index in [9.17, 15) is 4.79 Å². The number of carbonyl (C=O) groups excluding carboxylic acids is 1. The highest BCUT2D eigenvalue weighted by atomic mass is 16.5. The van der Waals surface area contributed by atoms with E-state index in [1.54, 1.807) is 7.11 Å². The maximum Gasteiger partial charge on any atom is 0.142 e. The van der Waals surface area contributed by atoms with Gasteiger partial charge in [-0.05, 0) is 25.0 Å². The Balaban J connectivity index is 2.16. The van der Waals surface area contributed by atoms with E-state index in [1.165, 1.54) is 12.8 Å². The zero-order valence-electron chi connectivity index (χ0n) is 11.2. The van der Waals surface area contributed by atoms with Gasteiger partial charge in [-0.25, -0.2) is 0 Å². The van der Waals surface area contributed by atoms with Crippen LogP contribution < -0.4 is 9.64 Å². The summed E-state index contributed by atoms with van der Waals surface area (Å²) in [5.41, 5.74) is 0.892. The van der Waals surface area contributed by atoms with Gasteiger partial charge < -0.3 is 14.4 Å². The highest BCUT2D eigenvalue weighted by molar-refractivity contribution is 5.64. The van der Waals surface area contributed by atoms with Crippen molar-refractivity contribution in [3.05, 3.63) is 24.3 Å². The zero-order chi connectivity index (χ0) is 13.0. The van der Waals surface area contributed by atoms with E-state index < -0.39 is 0 Å². The number of anilines is 1. The quantitative estimate of drug-likeness (QED) is 0.749. The van der Waals surface area contributed by atoms with Crippen LogP contribution in [0.3, 0.4) is 0 Å². The molecule has 2 rings (SSSR count). The molecule has 98 valence electrons. The molecule has 1 aliphatic rings. The molecule has 0 atom stereocenters. The summed E-state index contributed by atoms with van der Waals surface area (Å²) < 4.78 is 5.37. The largest absolute Gasteiger partial charge is 0.495 e. The summed E-state index contributed by atoms with van der Waals surface area (Å²) in [4.78, 5) is 13.5. The number of para-hydroxylation sites is 2. The molecule has 0 bridgehead atoms. The van der Waals surface area contributed by atoms with E-state index in [4.69, 9.17) is 4.74 Å². The van der Waals surface area contributed by atoms with Gasteiger partial charge in [0.15, 0.2) is 0 Å². The molecular formula is C15H21NO2. The van der Waals surface area contributed by atoms with Gasteiger partial charge in [-0.1, -0.05) is 25.0 Å². The highest BCUT2D eigenvalue weighted by Crippen LogP contribution is 2.38. The standard InChI is InChI=1S/C15H21NO2/c1-16(11-15(12-17)9-5-6-10-15)13-7-3-4-8-14(13)18-2/h3-4,7-8,12H,5-6,9-11H2,1-2H3. The minimum Gasteiger partial charge on any atom is -0.495 e. The molecular weight excluding hydrogens is 226 g/mol. The fourth-order valence-electron chi connectivity index (χ4n) is 2.89. The average Bonchev–Trinajstić information content (AvgIpc) is 2.87. The van der Waals surface area contributed by atoms with Gasteiger partial charge in [-0.15, -0.1) is 0 Å². The molecule has 3 nitrogen and oxygen atoms in total. The Labute approximate surface area is 109 Å². The molecule has 0 heterocycles. The maximum absolute atomic E-state index is 11.4. The summed E-state index contributed by atoms with van der Waals surface area (Å²) in [6, 6.07) is 7.94. The lowest BCUT2D eigenvalue weighted by Gasteiger charge is -2.30. The maximum atomic E-state index is 11.4. The number of hydrogen-bond acceptors (Lipinski definition) is 3. The van der Waals surface area contributed by atoms with Crippen LogP contribution >= 0.6 is 0 Å². The summed E-state index contributed by atoms with van der Waals surface area (Å²) in [6.45, 7) is 0.775. The molecule has 0 unspecified atom stereocenters. The van der Waals surface area contributed by atoms with Gasteiger partial charge in [0.1, 0.15) is 12.0 Å². The van der Waals surface area contributed by atoms with Crippen molar-refractivity contribution in [2.75, 3.05) is 25.6 Å². The molecule has 18 heavy (non-hydrogen) atoms. The smallest absolute Gasteiger partial charge is 0.142 e. The Morgan fingerprint density at radius 3 is 2.61 bits per heavy atom. The zero-order valence-corrected chi connectivity index (χ0v) is 11.2. The normalized spacial score (nSPS) is 17.4. The molecule has 3 heteroatoms. The fraction of sp³-hybridized carbons (Fsp3) is 0.533. The van der Waals surface area contributed by atoms with Crippen LogP contribution in [-0.2, 0) is 4.79 Å². The number of nitrogens with zero attached hydrogens (tertiary/aromatic N) is 1. The predicted molar refractivity (Wildman–Crippen MR) is 73.2 cm³/mol. The number of rotatable bonds is 5. The lowest BCUT2D eigenvalue weighted by Crippen LogP contribution is -2.35. The van der Waals surface area contributed by atoms with E-state index >= 15 is 0 Å². The molecule has 0 amide bonds. The Kier molecular flexibility index (Phi) is 3.90. The number of carbonyl (C=O) groups is 1. The van der Waals surface area contributed by atoms with Crippen LogP contribution in [0.1, 0.15) is 25.7 Å². The summed E-state index contributed by atoms with van der Waals surface area (Å²) >= 11 is 0. The van der Waals surface area contributed by atoms with Gasteiger partial charge in [0.25, 0.3) is 0 Å². The molecule has 1 aromatic rings. The van der Waals surface area contributed by atoms with Gasteiger partial charge in [-0.2, -0.15) is 0 Å². The summed E-state index contributed by atoms with van der Waals surface area (Å²) in [5, 5.41) is 0. The van der Waals surface area contributed by atoms with Gasteiger partial charge in [0.05, 0.1) is 12.8 Å². The predicted octanol–water partition coefficient (Wildman–Crippen LogP) is 2.89. The minimum absolute atomic E-state index is 0.157. The molecule has 1 aromatic carbocycles. The molecule has 0 saturated heterocycles. The van der Waals surface area contributed by atoms with E-state index in [1.807, 2.05) is 31.3 Å². The summed E-state index contributed by atoms with van der Waals surface area (Å²) in [6.07, 6.45) is 5.51. The second-order valence-corrected chi connectivity index (χ2v) is 5.22. The van der Waals surface area contributed by atoms with E-state index in [0.717, 1.165) is 37.1 Å². The van der Waals surface area contributed by atoms with Crippen molar-refractivity contribution in [3.8, 4) is 5.75 Å². The van der Waals surface area contributed by atoms with E-state index in [2.05, 4.69) is 4.90 Å². The van der Waals surface area contributed by atoms with Gasteiger partial charge in [-0.3, -0.25) is 0 Å². The third-order valence-electron chi connectivity index (χ3n) is 3.90. The lowest BCUT2D eigenvalue weighted by molar-refractivity contribution is -0.115. The second-order valence-electron chi connectivity index (χ2n) is 5.22. The van der Waals surface area contributed by atoms with Crippen molar-refractivity contribution in [2.24, 2.45) is 5.41 Å². The van der Waals surface area contributed by atoms with Crippen LogP contribution in [0.25, 0.3) is 0 Å². The monoisotopic (exact) mass is 247 g/mol. The highest BCUT2D eigenvalue weighted by Gasteiger charge is 2.35. The SMILES string of the molecule is COc1ccccc1N(C)CC1(C=O)CCCC1. The van der Waals surface area contributed by atoms with Crippen molar-refractivity contribution in [1.82, 2.24) is 0 Å². The minimum atomic E-state index is -0.157. The number of benzene rings is 1. The van der Waals surface area contributed by atoms with Crippen molar-refractivity contribution in [3.63, 3.8) is 0 Å². The lowest BCUT2D eigenvalue weighted by atomic mass is 9.87. The van der Waals surface area contributed by atoms with E-state index in [0.29, 0.717) is 0 Å². The van der Waals surface area contributed by atoms with Crippen molar-refractivity contribution < 1.29 is 9.53 Å². The van der Waals surface area contributed by atoms with Gasteiger partial charge in [0.2, 0.25) is 0 Å². The molecule has 0 radical (unpaired) electrons. The second kappa shape index (κ2) is 5.42. The van der Waals surface area contributed by atoms with Crippen molar-refractivity contribution in [2.45, 2.75) is 25.7 Å². The van der Waals surface area contributed by atoms with Gasteiger partial charge >= 0.3 is 0 Å². The van der Waals surface area contributed by atoms with Crippen LogP contribution in [0.2, 0.25) is 0 Å². The Morgan fingerprint density at radius 1 is 1.33 bits per heavy atom. The molecule has 0 spiro atoms. The first-order valence-electron chi connectivity index (χ1n) is 6.51. The first-order chi connectivity index (χ1) is 8.71. The first-order valence-corrected chi connectivity index (χ1v) is 6.51. The number of aldehydes is 1. The Hall–Kier alpha value is -1.51. The third-order valence-corrected chi connectivity index (χ3v) is 3.90. The average molecular weight is 247 g/mol. The molecule has 0 aliphatic heterocycles. The number of hydrogen-bond donors (Lipinski definition) is 0. The Bertz CT molecular complexity index is 411. The molecule has 1 aliphatic carbocycles. The van der Waals surface area contributed by atoms with Gasteiger partial charge in [0, 0.05) is 19.0 Å².